The Hall–Kier alpha value is -3.20. The molecule has 0 aliphatic rings. The summed E-state index contributed by atoms with van der Waals surface area (Å²) in [5.74, 6) is 0. The predicted octanol–water partition coefficient (Wildman–Crippen LogP) is 7.68. The van der Waals surface area contributed by atoms with Crippen LogP contribution < -0.4 is 0 Å². The second-order valence-corrected chi connectivity index (χ2v) is 8.19. The molecule has 2 heterocycles. The molecule has 2 nitrogen and oxygen atoms in total. The molecular weight excluding hydrogens is 477 g/mol. The summed E-state index contributed by atoms with van der Waals surface area (Å²) in [5, 5.41) is 5.08. The maximum Gasteiger partial charge on any atom is 0.0425 e. The number of benzene rings is 5. The van der Waals surface area contributed by atoms with Crippen LogP contribution >= 0.6 is 0 Å². The number of fused-ring (bicyclic) bond motifs is 6. The summed E-state index contributed by atoms with van der Waals surface area (Å²) in [5.41, 5.74) is 7.06. The SMILES string of the molecule is [Y].[c-]1cc(-n2c3ccccc3c3ccccc32)cc(-n2c3ccccc3c3ccccc32)c1. The predicted molar refractivity (Wildman–Crippen MR) is 134 cm³/mol. The van der Waals surface area contributed by atoms with Crippen molar-refractivity contribution in [3.05, 3.63) is 121 Å². The van der Waals surface area contributed by atoms with E-state index in [1.807, 2.05) is 0 Å². The van der Waals surface area contributed by atoms with Gasteiger partial charge in [0, 0.05) is 76.3 Å². The molecule has 0 amide bonds. The van der Waals surface area contributed by atoms with Crippen LogP contribution in [0.4, 0.5) is 0 Å². The standard InChI is InChI=1S/C30H19N2.Y/c1-5-16-27-23(12-1)24-13-2-6-17-28(24)31(27)21-10-9-11-22(20-21)32-29-18-7-3-14-25(29)26-15-4-8-19-30(26)32;/h1-8,10-20H;/q-1;. The van der Waals surface area contributed by atoms with Crippen LogP contribution in [0.5, 0.6) is 0 Å². The van der Waals surface area contributed by atoms with E-state index in [4.69, 9.17) is 0 Å². The third-order valence-electron chi connectivity index (χ3n) is 6.43. The molecule has 3 heteroatoms. The Labute approximate surface area is 216 Å². The maximum absolute atomic E-state index is 3.42. The largest absolute Gasteiger partial charge is 0.364 e. The van der Waals surface area contributed by atoms with Crippen LogP contribution in [0, 0.1) is 6.07 Å². The molecule has 7 rings (SSSR count). The third kappa shape index (κ3) is 3.02. The topological polar surface area (TPSA) is 9.86 Å². The first-order chi connectivity index (χ1) is 15.9. The summed E-state index contributed by atoms with van der Waals surface area (Å²) in [6, 6.07) is 44.3. The van der Waals surface area contributed by atoms with E-state index in [0.29, 0.717) is 0 Å². The quantitative estimate of drug-likeness (QED) is 0.217. The van der Waals surface area contributed by atoms with E-state index in [1.54, 1.807) is 0 Å². The van der Waals surface area contributed by atoms with Gasteiger partial charge in [0.25, 0.3) is 0 Å². The van der Waals surface area contributed by atoms with E-state index in [9.17, 15) is 0 Å². The Kier molecular flexibility index (Phi) is 4.94. The first kappa shape index (κ1) is 20.4. The molecule has 0 aliphatic carbocycles. The number of hydrogen-bond donors (Lipinski definition) is 0. The van der Waals surface area contributed by atoms with Gasteiger partial charge in [-0.2, -0.15) is 18.2 Å². The zero-order chi connectivity index (χ0) is 21.1. The fourth-order valence-corrected chi connectivity index (χ4v) is 5.11. The number of aromatic nitrogens is 2. The summed E-state index contributed by atoms with van der Waals surface area (Å²) in [6.07, 6.45) is 0. The summed E-state index contributed by atoms with van der Waals surface area (Å²) >= 11 is 0. The summed E-state index contributed by atoms with van der Waals surface area (Å²) in [4.78, 5) is 0. The van der Waals surface area contributed by atoms with Gasteiger partial charge in [-0.25, -0.2) is 0 Å². The van der Waals surface area contributed by atoms with Crippen molar-refractivity contribution in [2.75, 3.05) is 0 Å². The maximum atomic E-state index is 3.42. The fourth-order valence-electron chi connectivity index (χ4n) is 5.11. The number of para-hydroxylation sites is 4. The number of rotatable bonds is 2. The molecule has 0 N–H and O–H groups in total. The van der Waals surface area contributed by atoms with Gasteiger partial charge in [0.05, 0.1) is 0 Å². The molecule has 153 valence electrons. The molecule has 0 saturated heterocycles. The van der Waals surface area contributed by atoms with Gasteiger partial charge in [0.2, 0.25) is 0 Å². The smallest absolute Gasteiger partial charge is 0.0425 e. The minimum atomic E-state index is 0. The van der Waals surface area contributed by atoms with Crippen molar-refractivity contribution >= 4 is 43.6 Å². The van der Waals surface area contributed by atoms with E-state index >= 15 is 0 Å². The Morgan fingerprint density at radius 1 is 0.424 bits per heavy atom. The Morgan fingerprint density at radius 2 is 0.727 bits per heavy atom. The van der Waals surface area contributed by atoms with Crippen LogP contribution in [0.1, 0.15) is 0 Å². The molecule has 33 heavy (non-hydrogen) atoms. The Bertz CT molecular complexity index is 1550. The van der Waals surface area contributed by atoms with Gasteiger partial charge in [0.15, 0.2) is 0 Å². The van der Waals surface area contributed by atoms with Crippen molar-refractivity contribution in [3.63, 3.8) is 0 Å². The second kappa shape index (κ2) is 7.99. The first-order valence-corrected chi connectivity index (χ1v) is 10.9. The Morgan fingerprint density at radius 3 is 1.06 bits per heavy atom. The van der Waals surface area contributed by atoms with Crippen molar-refractivity contribution in [1.29, 1.82) is 0 Å². The molecule has 1 radical (unpaired) electrons. The average molecular weight is 496 g/mol. The zero-order valence-corrected chi connectivity index (χ0v) is 20.8. The average Bonchev–Trinajstić information content (AvgIpc) is 3.37. The van der Waals surface area contributed by atoms with Crippen LogP contribution in [0.2, 0.25) is 0 Å². The Balaban J connectivity index is 0.00000206. The third-order valence-corrected chi connectivity index (χ3v) is 6.43. The van der Waals surface area contributed by atoms with Crippen LogP contribution in [0.15, 0.2) is 115 Å². The molecule has 0 bridgehead atoms. The molecule has 0 unspecified atom stereocenters. The van der Waals surface area contributed by atoms with Crippen LogP contribution in [-0.4, -0.2) is 9.13 Å². The van der Waals surface area contributed by atoms with Gasteiger partial charge < -0.3 is 9.13 Å². The van der Waals surface area contributed by atoms with Crippen LogP contribution in [0.25, 0.3) is 55.0 Å². The van der Waals surface area contributed by atoms with Gasteiger partial charge in [-0.1, -0.05) is 84.2 Å². The van der Waals surface area contributed by atoms with Gasteiger partial charge in [-0.05, 0) is 24.3 Å². The van der Waals surface area contributed by atoms with E-state index in [0.717, 1.165) is 11.4 Å². The number of hydrogen-bond acceptors (Lipinski definition) is 0. The van der Waals surface area contributed by atoms with Gasteiger partial charge in [-0.15, -0.1) is 6.07 Å². The summed E-state index contributed by atoms with van der Waals surface area (Å²) in [6.45, 7) is 0. The van der Waals surface area contributed by atoms with Crippen molar-refractivity contribution in [3.8, 4) is 11.4 Å². The summed E-state index contributed by atoms with van der Waals surface area (Å²) in [7, 11) is 0. The molecule has 2 aromatic heterocycles. The molecule has 0 fully saturated rings. The minimum Gasteiger partial charge on any atom is -0.364 e. The molecular formula is C30H19N2Y-. The van der Waals surface area contributed by atoms with Crippen molar-refractivity contribution in [2.24, 2.45) is 0 Å². The van der Waals surface area contributed by atoms with Crippen LogP contribution in [-0.2, 0) is 32.7 Å². The van der Waals surface area contributed by atoms with Crippen molar-refractivity contribution < 1.29 is 32.7 Å². The van der Waals surface area contributed by atoms with E-state index in [2.05, 4.69) is 130 Å². The molecule has 0 aliphatic heterocycles. The molecule has 0 saturated carbocycles. The van der Waals surface area contributed by atoms with Gasteiger partial charge >= 0.3 is 0 Å². The van der Waals surface area contributed by atoms with Gasteiger partial charge in [-0.3, -0.25) is 0 Å². The zero-order valence-electron chi connectivity index (χ0n) is 17.9. The van der Waals surface area contributed by atoms with Crippen molar-refractivity contribution in [1.82, 2.24) is 9.13 Å². The van der Waals surface area contributed by atoms with E-state index < -0.39 is 0 Å². The molecule has 0 atom stereocenters. The normalized spacial score (nSPS) is 11.4. The van der Waals surface area contributed by atoms with Gasteiger partial charge in [0.1, 0.15) is 0 Å². The minimum absolute atomic E-state index is 0. The van der Waals surface area contributed by atoms with E-state index in [1.165, 1.54) is 43.6 Å². The van der Waals surface area contributed by atoms with Crippen LogP contribution in [0.3, 0.4) is 0 Å². The monoisotopic (exact) mass is 496 g/mol. The fraction of sp³-hybridized carbons (Fsp3) is 0. The van der Waals surface area contributed by atoms with Crippen molar-refractivity contribution in [2.45, 2.75) is 0 Å². The summed E-state index contributed by atoms with van der Waals surface area (Å²) < 4.78 is 4.69. The first-order valence-electron chi connectivity index (χ1n) is 10.9. The second-order valence-electron chi connectivity index (χ2n) is 8.19. The molecule has 5 aromatic carbocycles. The van der Waals surface area contributed by atoms with E-state index in [-0.39, 0.29) is 32.7 Å². The molecule has 7 aromatic rings. The number of nitrogens with zero attached hydrogens (tertiary/aromatic N) is 2. The molecule has 0 spiro atoms.